The van der Waals surface area contributed by atoms with Crippen LogP contribution < -0.4 is 44.4 Å². The van der Waals surface area contributed by atoms with Crippen LogP contribution in [-0.4, -0.2) is 192 Å². The van der Waals surface area contributed by atoms with Crippen molar-refractivity contribution in [3.05, 3.63) is 186 Å². The first-order valence-electron chi connectivity index (χ1n) is 34.9. The van der Waals surface area contributed by atoms with Crippen LogP contribution in [0.15, 0.2) is 132 Å². The van der Waals surface area contributed by atoms with E-state index in [-0.39, 0.29) is 121 Å². The van der Waals surface area contributed by atoms with Crippen molar-refractivity contribution in [3.8, 4) is 34.5 Å². The number of piperidine rings is 2. The molecule has 6 aromatic rings. The molecule has 2 saturated heterocycles. The minimum Gasteiger partial charge on any atom is -0.493 e. The van der Waals surface area contributed by atoms with Crippen LogP contribution in [0.1, 0.15) is 90.9 Å². The minimum absolute atomic E-state index is 0.0539. The highest BCUT2D eigenvalue weighted by atomic mass is 35.5. The lowest BCUT2D eigenvalue weighted by molar-refractivity contribution is -0.162. The van der Waals surface area contributed by atoms with Gasteiger partial charge in [-0.3, -0.25) is 24.0 Å². The number of hydrogen-bond acceptors (Lipinski definition) is 18. The molecule has 22 nitrogen and oxygen atoms in total. The number of hydrogen-bond donors (Lipinski definition) is 3. The van der Waals surface area contributed by atoms with Gasteiger partial charge in [-0.05, 0) is 151 Å². The smallest absolute Gasteiger partial charge is 0.329 e. The number of benzene rings is 6. The lowest BCUT2D eigenvalue weighted by Crippen LogP contribution is -2.52. The number of halogens is 4. The molecule has 0 unspecified atom stereocenters. The summed E-state index contributed by atoms with van der Waals surface area (Å²) in [5.74, 6) is 0.451. The largest absolute Gasteiger partial charge is 0.493 e. The maximum absolute atomic E-state index is 14.6. The number of ketones is 1. The zero-order valence-electron chi connectivity index (χ0n) is 60.1. The van der Waals surface area contributed by atoms with Gasteiger partial charge in [-0.1, -0.05) is 114 Å². The Bertz CT molecular complexity index is 3840. The number of nitrogens with one attached hydrogen (secondary N) is 3. The molecule has 4 amide bonds. The van der Waals surface area contributed by atoms with Crippen LogP contribution >= 0.6 is 46.4 Å². The molecule has 8 rings (SSSR count). The van der Waals surface area contributed by atoms with Crippen LogP contribution in [0.25, 0.3) is 12.2 Å². The van der Waals surface area contributed by atoms with Gasteiger partial charge < -0.3 is 77.9 Å². The fourth-order valence-electron chi connectivity index (χ4n) is 12.2. The molecule has 2 aliphatic heterocycles. The Kier molecular flexibility index (Phi) is 33.9. The third-order valence-electron chi connectivity index (χ3n) is 17.6. The van der Waals surface area contributed by atoms with E-state index >= 15 is 0 Å². The molecule has 0 bridgehead atoms. The highest BCUT2D eigenvalue weighted by molar-refractivity contribution is 6.42. The van der Waals surface area contributed by atoms with Gasteiger partial charge in [0.25, 0.3) is 5.91 Å². The highest BCUT2D eigenvalue weighted by Gasteiger charge is 2.39. The average Bonchev–Trinajstić information content (AvgIpc) is 0.801. The monoisotopic (exact) mass is 1520 g/mol. The summed E-state index contributed by atoms with van der Waals surface area (Å²) in [6, 6.07) is 34.5. The van der Waals surface area contributed by atoms with Gasteiger partial charge in [0.2, 0.25) is 23.5 Å². The molecule has 0 aromatic heterocycles. The number of nitrogens with zero attached hydrogens (tertiary/aromatic N) is 2. The molecule has 0 radical (unpaired) electrons. The normalized spacial score (nSPS) is 15.4. The summed E-state index contributed by atoms with van der Waals surface area (Å²) in [5, 5.41) is 10.4. The molecule has 2 heterocycles. The van der Waals surface area contributed by atoms with Crippen molar-refractivity contribution >= 4 is 93.9 Å². The maximum atomic E-state index is 14.6. The second-order valence-electron chi connectivity index (χ2n) is 24.8. The van der Waals surface area contributed by atoms with Crippen LogP contribution in [0.3, 0.4) is 0 Å². The predicted octanol–water partition coefficient (Wildman–Crippen LogP) is 12.0. The van der Waals surface area contributed by atoms with E-state index in [4.69, 9.17) is 98.5 Å². The van der Waals surface area contributed by atoms with Crippen molar-refractivity contribution in [1.29, 1.82) is 0 Å². The van der Waals surface area contributed by atoms with E-state index in [1.54, 1.807) is 103 Å². The molecule has 2 fully saturated rings. The number of rotatable bonds is 41. The van der Waals surface area contributed by atoms with Crippen molar-refractivity contribution in [2.24, 2.45) is 0 Å². The molecule has 6 aromatic carbocycles. The third-order valence-corrected chi connectivity index (χ3v) is 19.1. The van der Waals surface area contributed by atoms with Gasteiger partial charge in [0.1, 0.15) is 17.9 Å². The first kappa shape index (κ1) is 82.2. The van der Waals surface area contributed by atoms with Gasteiger partial charge in [0, 0.05) is 56.8 Å². The SMILES string of the molecule is CC[C@H](C(=O)N1CCCC[C@H]1C(=O)O[C@H](CCc1ccc(OC)c(OC)c1)c1cccc(OCC(=O)NCCOCCOCCOCCC(=O)NCCOCCN[C@@H](Cc2ccccc2)C(=O)N2C/C(=C\c3ccc(Cl)c(Cl)c3)C(=O)/C(=C/c3ccc(Cl)c(Cl)c3)C2)c1)c1cc(OC)c(OC)c(OC)c1. The number of aryl methyl sites for hydroxylation is 1. The zero-order valence-corrected chi connectivity index (χ0v) is 63.1. The molecular weight excluding hydrogens is 1430 g/mol. The molecule has 4 atom stereocenters. The molecular formula is C79H93Cl4N5O17. The molecule has 564 valence electrons. The van der Waals surface area contributed by atoms with E-state index in [2.05, 4.69) is 16.0 Å². The number of Topliss-reactive ketones (excluding diaryl/α,β-unsaturated/α-hetero) is 1. The molecule has 26 heteroatoms. The number of ether oxygens (including phenoxy) is 11. The highest BCUT2D eigenvalue weighted by Crippen LogP contribution is 2.42. The summed E-state index contributed by atoms with van der Waals surface area (Å²) < 4.78 is 62.9. The Hall–Kier alpha value is -8.42. The number of amides is 4. The van der Waals surface area contributed by atoms with Gasteiger partial charge in [-0.2, -0.15) is 0 Å². The van der Waals surface area contributed by atoms with Gasteiger partial charge in [0.05, 0.1) is 120 Å². The zero-order chi connectivity index (χ0) is 75.0. The molecule has 0 aliphatic carbocycles. The number of methoxy groups -OCH3 is 5. The quantitative estimate of drug-likeness (QED) is 0.0183. The van der Waals surface area contributed by atoms with Gasteiger partial charge in [-0.15, -0.1) is 0 Å². The second-order valence-corrected chi connectivity index (χ2v) is 26.4. The van der Waals surface area contributed by atoms with Crippen LogP contribution in [-0.2, 0) is 65.3 Å². The Morgan fingerprint density at radius 3 is 1.77 bits per heavy atom. The van der Waals surface area contributed by atoms with Crippen molar-refractivity contribution in [3.63, 3.8) is 0 Å². The van der Waals surface area contributed by atoms with E-state index in [0.29, 0.717) is 133 Å². The first-order valence-corrected chi connectivity index (χ1v) is 36.5. The van der Waals surface area contributed by atoms with E-state index in [9.17, 15) is 28.8 Å². The molecule has 3 N–H and O–H groups in total. The van der Waals surface area contributed by atoms with Crippen LogP contribution in [0, 0.1) is 0 Å². The Labute approximate surface area is 634 Å². The summed E-state index contributed by atoms with van der Waals surface area (Å²) >= 11 is 25.1. The number of likely N-dealkylation sites (tertiary alicyclic amines) is 2. The van der Waals surface area contributed by atoms with Crippen LogP contribution in [0.4, 0.5) is 0 Å². The number of carbonyl (C=O) groups excluding carboxylic acids is 6. The number of esters is 1. The second kappa shape index (κ2) is 43.3. The summed E-state index contributed by atoms with van der Waals surface area (Å²) in [4.78, 5) is 86.6. The van der Waals surface area contributed by atoms with Crippen LogP contribution in [0.2, 0.25) is 20.1 Å². The van der Waals surface area contributed by atoms with Crippen molar-refractivity contribution < 1.29 is 80.9 Å². The van der Waals surface area contributed by atoms with Crippen molar-refractivity contribution in [1.82, 2.24) is 25.8 Å². The summed E-state index contributed by atoms with van der Waals surface area (Å²) in [6.45, 7) is 4.98. The third kappa shape index (κ3) is 25.1. The predicted molar refractivity (Wildman–Crippen MR) is 403 cm³/mol. The lowest BCUT2D eigenvalue weighted by atomic mass is 9.91. The lowest BCUT2D eigenvalue weighted by Gasteiger charge is -2.37. The molecule has 2 aliphatic rings. The Balaban J connectivity index is 0.711. The number of carbonyl (C=O) groups is 6. The maximum Gasteiger partial charge on any atom is 0.329 e. The Morgan fingerprint density at radius 1 is 0.562 bits per heavy atom. The summed E-state index contributed by atoms with van der Waals surface area (Å²) in [6.07, 6.45) is 6.38. The fraction of sp³-hybridized carbons (Fsp3) is 0.418. The molecule has 0 spiro atoms. The van der Waals surface area contributed by atoms with Gasteiger partial charge in [0.15, 0.2) is 35.4 Å². The van der Waals surface area contributed by atoms with Crippen molar-refractivity contribution in [2.75, 3.05) is 134 Å². The van der Waals surface area contributed by atoms with E-state index < -0.39 is 30.1 Å². The summed E-state index contributed by atoms with van der Waals surface area (Å²) in [7, 11) is 7.70. The van der Waals surface area contributed by atoms with Gasteiger partial charge in [-0.25, -0.2) is 4.79 Å². The van der Waals surface area contributed by atoms with Crippen LogP contribution in [0.5, 0.6) is 34.5 Å². The standard InChI is InChI=1S/C79H93Cl4N5O17/c1-7-61(57-47-71(97-4)76(99-6)72(48-57)98-5)77(92)88-31-12-11-18-67(88)79(94)105-68(25-21-53-22-26-69(95-2)70(45-53)96-3)56-16-13-17-60(46-56)104-51-74(90)86-30-35-102-37-39-103-38-36-100-32-27-73(89)85-29-34-101-33-28-84-66(44-52-14-9-8-10-15-52)78(93)87-49-58(40-54-19-23-62(80)64(82)42-54)75(91)59(50-87)41-55-20-24-63(81)65(83)43-55/h8-10,13-17,19-20,22-24,26,40-43,45-48,61,66-68,84H,7,11-12,18,21,25,27-39,44,49-51H2,1-6H3,(H,85,89)(H,86,90)/b58-40+,59-41+/t61-,66-,67-,68+/m0/s1. The van der Waals surface area contributed by atoms with Gasteiger partial charge >= 0.3 is 5.97 Å². The molecule has 105 heavy (non-hydrogen) atoms. The topological polar surface area (TPSA) is 247 Å². The summed E-state index contributed by atoms with van der Waals surface area (Å²) in [5.41, 5.74) is 5.27. The molecule has 0 saturated carbocycles. The fourth-order valence-corrected chi connectivity index (χ4v) is 12.8. The van der Waals surface area contributed by atoms with E-state index in [0.717, 1.165) is 24.0 Å². The average molecular weight is 1530 g/mol. The van der Waals surface area contributed by atoms with E-state index in [1.165, 1.54) is 21.3 Å². The Morgan fingerprint density at radius 2 is 1.16 bits per heavy atom. The van der Waals surface area contributed by atoms with E-state index in [1.807, 2.05) is 61.5 Å². The minimum atomic E-state index is -0.834. The first-order chi connectivity index (χ1) is 50.9. The van der Waals surface area contributed by atoms with Crippen molar-refractivity contribution in [2.45, 2.75) is 82.4 Å².